The van der Waals surface area contributed by atoms with Crippen molar-refractivity contribution in [2.75, 3.05) is 13.2 Å². The Morgan fingerprint density at radius 1 is 1.50 bits per heavy atom. The fraction of sp³-hybridized carbons (Fsp3) is 0.727. The van der Waals surface area contributed by atoms with Crippen LogP contribution in [0.25, 0.3) is 0 Å². The van der Waals surface area contributed by atoms with E-state index in [4.69, 9.17) is 9.47 Å². The van der Waals surface area contributed by atoms with Crippen molar-refractivity contribution in [2.24, 2.45) is 7.05 Å². The zero-order chi connectivity index (χ0) is 12.1. The third-order valence-corrected chi connectivity index (χ3v) is 3.35. The molecule has 0 spiro atoms. The summed E-state index contributed by atoms with van der Waals surface area (Å²) in [7, 11) is 1.92. The molecule has 0 bridgehead atoms. The van der Waals surface area contributed by atoms with Gasteiger partial charge in [0, 0.05) is 13.7 Å². The lowest BCUT2D eigenvalue weighted by atomic mass is 10.3. The van der Waals surface area contributed by atoms with Crippen molar-refractivity contribution in [3.63, 3.8) is 0 Å². The molecule has 1 heterocycles. The molecule has 0 fully saturated rings. The summed E-state index contributed by atoms with van der Waals surface area (Å²) in [4.78, 5) is 0. The van der Waals surface area contributed by atoms with E-state index in [-0.39, 0.29) is 6.10 Å². The van der Waals surface area contributed by atoms with Crippen LogP contribution in [0, 0.1) is 6.92 Å². The molecule has 4 nitrogen and oxygen atoms in total. The summed E-state index contributed by atoms with van der Waals surface area (Å²) in [6, 6.07) is 0. The van der Waals surface area contributed by atoms with Gasteiger partial charge in [-0.2, -0.15) is 5.10 Å². The quantitative estimate of drug-likeness (QED) is 0.807. The van der Waals surface area contributed by atoms with Crippen LogP contribution in [0.2, 0.25) is 0 Å². The molecule has 0 aliphatic rings. The molecule has 0 saturated carbocycles. The molecule has 1 unspecified atom stereocenters. The molecular weight excluding hydrogens is 272 g/mol. The molecule has 0 amide bonds. The molecular formula is C11H19BrN2O2. The molecule has 0 aliphatic carbocycles. The molecule has 92 valence electrons. The predicted octanol–water partition coefficient (Wildman–Crippen LogP) is 2.43. The third kappa shape index (κ3) is 3.57. The molecule has 5 heteroatoms. The summed E-state index contributed by atoms with van der Waals surface area (Å²) in [5.41, 5.74) is 2.04. The van der Waals surface area contributed by atoms with Gasteiger partial charge in [0.1, 0.15) is 0 Å². The maximum atomic E-state index is 5.69. The Bertz CT molecular complexity index is 339. The summed E-state index contributed by atoms with van der Waals surface area (Å²) >= 11 is 3.51. The summed E-state index contributed by atoms with van der Waals surface area (Å²) in [6.07, 6.45) is 0.0991. The normalized spacial score (nSPS) is 13.1. The minimum atomic E-state index is 0.0991. The predicted molar refractivity (Wildman–Crippen MR) is 66.4 cm³/mol. The first-order valence-electron chi connectivity index (χ1n) is 5.43. The molecule has 0 saturated heterocycles. The lowest BCUT2D eigenvalue weighted by Gasteiger charge is -2.13. The summed E-state index contributed by atoms with van der Waals surface area (Å²) in [5.74, 6) is 0. The first-order chi connectivity index (χ1) is 7.56. The van der Waals surface area contributed by atoms with Gasteiger partial charge in [0.15, 0.2) is 0 Å². The zero-order valence-corrected chi connectivity index (χ0v) is 11.9. The van der Waals surface area contributed by atoms with Crippen LogP contribution in [0.1, 0.15) is 25.2 Å². The molecule has 0 N–H and O–H groups in total. The van der Waals surface area contributed by atoms with Gasteiger partial charge < -0.3 is 9.47 Å². The van der Waals surface area contributed by atoms with Crippen LogP contribution in [0.4, 0.5) is 0 Å². The van der Waals surface area contributed by atoms with Gasteiger partial charge in [-0.25, -0.2) is 0 Å². The lowest BCUT2D eigenvalue weighted by Crippen LogP contribution is -2.16. The Morgan fingerprint density at radius 3 is 2.69 bits per heavy atom. The highest BCUT2D eigenvalue weighted by Gasteiger charge is 2.12. The lowest BCUT2D eigenvalue weighted by molar-refractivity contribution is -0.0138. The SMILES string of the molecule is CCOCC(C)OCc1c(Br)c(C)nn1C. The minimum absolute atomic E-state index is 0.0991. The average Bonchev–Trinajstić information content (AvgIpc) is 2.48. The van der Waals surface area contributed by atoms with E-state index in [9.17, 15) is 0 Å². The monoisotopic (exact) mass is 290 g/mol. The van der Waals surface area contributed by atoms with Crippen molar-refractivity contribution < 1.29 is 9.47 Å². The molecule has 16 heavy (non-hydrogen) atoms. The highest BCUT2D eigenvalue weighted by molar-refractivity contribution is 9.10. The van der Waals surface area contributed by atoms with Gasteiger partial charge in [-0.05, 0) is 36.7 Å². The Labute approximate surface area is 105 Å². The van der Waals surface area contributed by atoms with E-state index in [1.165, 1.54) is 0 Å². The molecule has 1 aromatic heterocycles. The third-order valence-electron chi connectivity index (χ3n) is 2.32. The van der Waals surface area contributed by atoms with Crippen molar-refractivity contribution in [3.05, 3.63) is 15.9 Å². The number of hydrogen-bond acceptors (Lipinski definition) is 3. The van der Waals surface area contributed by atoms with Crippen LogP contribution in [0.3, 0.4) is 0 Å². The number of hydrogen-bond donors (Lipinski definition) is 0. The second kappa shape index (κ2) is 6.37. The Hall–Kier alpha value is -0.390. The van der Waals surface area contributed by atoms with E-state index in [2.05, 4.69) is 21.0 Å². The highest BCUT2D eigenvalue weighted by Crippen LogP contribution is 2.21. The largest absolute Gasteiger partial charge is 0.379 e. The Morgan fingerprint density at radius 2 is 2.19 bits per heavy atom. The van der Waals surface area contributed by atoms with E-state index in [0.29, 0.717) is 13.2 Å². The van der Waals surface area contributed by atoms with Gasteiger partial charge in [-0.3, -0.25) is 4.68 Å². The number of aryl methyl sites for hydroxylation is 2. The Kier molecular flexibility index (Phi) is 5.44. The van der Waals surface area contributed by atoms with Crippen LogP contribution in [0.5, 0.6) is 0 Å². The second-order valence-electron chi connectivity index (χ2n) is 3.75. The van der Waals surface area contributed by atoms with Crippen LogP contribution in [-0.4, -0.2) is 29.1 Å². The van der Waals surface area contributed by atoms with Crippen molar-refractivity contribution >= 4 is 15.9 Å². The van der Waals surface area contributed by atoms with Crippen LogP contribution < -0.4 is 0 Å². The van der Waals surface area contributed by atoms with E-state index < -0.39 is 0 Å². The van der Waals surface area contributed by atoms with Gasteiger partial charge in [0.25, 0.3) is 0 Å². The average molecular weight is 291 g/mol. The number of aromatic nitrogens is 2. The van der Waals surface area contributed by atoms with Gasteiger partial charge >= 0.3 is 0 Å². The van der Waals surface area contributed by atoms with Crippen molar-refractivity contribution in [2.45, 2.75) is 33.5 Å². The van der Waals surface area contributed by atoms with Gasteiger partial charge in [0.05, 0.1) is 35.2 Å². The topological polar surface area (TPSA) is 36.3 Å². The van der Waals surface area contributed by atoms with E-state index >= 15 is 0 Å². The van der Waals surface area contributed by atoms with Gasteiger partial charge in [-0.15, -0.1) is 0 Å². The van der Waals surface area contributed by atoms with Gasteiger partial charge in [0.2, 0.25) is 0 Å². The second-order valence-corrected chi connectivity index (χ2v) is 4.54. The van der Waals surface area contributed by atoms with Crippen molar-refractivity contribution in [1.82, 2.24) is 9.78 Å². The first-order valence-corrected chi connectivity index (χ1v) is 6.22. The van der Waals surface area contributed by atoms with E-state index in [0.717, 1.165) is 22.5 Å². The molecule has 0 radical (unpaired) electrons. The van der Waals surface area contributed by atoms with Crippen LogP contribution >= 0.6 is 15.9 Å². The summed E-state index contributed by atoms with van der Waals surface area (Å²) < 4.78 is 13.8. The first kappa shape index (κ1) is 13.7. The highest BCUT2D eigenvalue weighted by atomic mass is 79.9. The summed E-state index contributed by atoms with van der Waals surface area (Å²) in [6.45, 7) is 7.86. The standard InChI is InChI=1S/C11H19BrN2O2/c1-5-15-6-8(2)16-7-10-11(12)9(3)13-14(10)4/h8H,5-7H2,1-4H3. The maximum Gasteiger partial charge on any atom is 0.0901 e. The molecule has 1 aromatic rings. The number of ether oxygens (including phenoxy) is 2. The van der Waals surface area contributed by atoms with Crippen molar-refractivity contribution in [3.8, 4) is 0 Å². The fourth-order valence-electron chi connectivity index (χ4n) is 1.39. The minimum Gasteiger partial charge on any atom is -0.379 e. The molecule has 1 rings (SSSR count). The number of rotatable bonds is 6. The molecule has 1 atom stereocenters. The Balaban J connectivity index is 2.48. The molecule has 0 aromatic carbocycles. The number of halogens is 1. The van der Waals surface area contributed by atoms with E-state index in [1.54, 1.807) is 0 Å². The van der Waals surface area contributed by atoms with E-state index in [1.807, 2.05) is 32.5 Å². The maximum absolute atomic E-state index is 5.69. The number of nitrogens with zero attached hydrogens (tertiary/aromatic N) is 2. The van der Waals surface area contributed by atoms with Crippen LogP contribution in [0.15, 0.2) is 4.47 Å². The smallest absolute Gasteiger partial charge is 0.0901 e. The zero-order valence-electron chi connectivity index (χ0n) is 10.3. The molecule has 0 aliphatic heterocycles. The van der Waals surface area contributed by atoms with Crippen molar-refractivity contribution in [1.29, 1.82) is 0 Å². The summed E-state index contributed by atoms with van der Waals surface area (Å²) in [5, 5.41) is 4.31. The van der Waals surface area contributed by atoms with Gasteiger partial charge in [-0.1, -0.05) is 0 Å². The van der Waals surface area contributed by atoms with Crippen LogP contribution in [-0.2, 0) is 23.1 Å². The fourth-order valence-corrected chi connectivity index (χ4v) is 1.84.